The first-order valence-electron chi connectivity index (χ1n) is 11.4. The van der Waals surface area contributed by atoms with Gasteiger partial charge in [-0.2, -0.15) is 0 Å². The van der Waals surface area contributed by atoms with Crippen molar-refractivity contribution in [1.82, 2.24) is 5.32 Å². The Balaban J connectivity index is 3.05. The monoisotopic (exact) mass is 450 g/mol. The SMILES string of the molecule is C\C=C/C=C/C(=C\CC)C(/C)=C/S/C(=C/CCC)NC(=O)c1ccc(C)c(N=CCC)c1. The van der Waals surface area contributed by atoms with Gasteiger partial charge >= 0.3 is 0 Å². The van der Waals surface area contributed by atoms with Crippen molar-refractivity contribution >= 4 is 29.6 Å². The maximum atomic E-state index is 12.9. The van der Waals surface area contributed by atoms with Crippen molar-refractivity contribution in [3.05, 3.63) is 87.4 Å². The van der Waals surface area contributed by atoms with Gasteiger partial charge in [-0.15, -0.1) is 0 Å². The third-order valence-electron chi connectivity index (χ3n) is 4.56. The van der Waals surface area contributed by atoms with Crippen LogP contribution in [0.1, 0.15) is 76.2 Å². The molecule has 1 rings (SSSR count). The van der Waals surface area contributed by atoms with E-state index in [1.807, 2.05) is 57.3 Å². The topological polar surface area (TPSA) is 41.5 Å². The minimum atomic E-state index is -0.115. The second-order valence-electron chi connectivity index (χ2n) is 7.40. The van der Waals surface area contributed by atoms with Crippen LogP contribution in [0, 0.1) is 6.92 Å². The number of amides is 1. The highest BCUT2D eigenvalue weighted by Crippen LogP contribution is 2.24. The summed E-state index contributed by atoms with van der Waals surface area (Å²) < 4.78 is 0. The summed E-state index contributed by atoms with van der Waals surface area (Å²) in [6.45, 7) is 12.4. The molecule has 0 aromatic heterocycles. The zero-order valence-corrected chi connectivity index (χ0v) is 21.3. The molecule has 172 valence electrons. The van der Waals surface area contributed by atoms with Crippen LogP contribution in [0.15, 0.2) is 81.2 Å². The van der Waals surface area contributed by atoms with Gasteiger partial charge in [0, 0.05) is 11.8 Å². The number of nitrogens with one attached hydrogen (secondary N) is 1. The molecule has 1 aromatic carbocycles. The molecule has 0 aliphatic carbocycles. The Morgan fingerprint density at radius 1 is 1.12 bits per heavy atom. The van der Waals surface area contributed by atoms with Gasteiger partial charge in [0.15, 0.2) is 0 Å². The number of nitrogens with zero attached hydrogens (tertiary/aromatic N) is 1. The number of benzene rings is 1. The highest BCUT2D eigenvalue weighted by molar-refractivity contribution is 8.05. The number of hydrogen-bond acceptors (Lipinski definition) is 3. The normalized spacial score (nSPS) is 13.6. The van der Waals surface area contributed by atoms with Crippen LogP contribution in [-0.4, -0.2) is 12.1 Å². The molecular formula is C28H38N2OS. The molecule has 0 heterocycles. The van der Waals surface area contributed by atoms with Crippen molar-refractivity contribution in [2.75, 3.05) is 0 Å². The minimum Gasteiger partial charge on any atom is -0.317 e. The van der Waals surface area contributed by atoms with E-state index in [2.05, 4.69) is 60.8 Å². The Hall–Kier alpha value is -2.59. The highest BCUT2D eigenvalue weighted by Gasteiger charge is 2.10. The molecule has 0 saturated heterocycles. The quantitative estimate of drug-likeness (QED) is 0.256. The number of allylic oxidation sites excluding steroid dienone is 8. The van der Waals surface area contributed by atoms with Gasteiger partial charge < -0.3 is 5.32 Å². The third-order valence-corrected chi connectivity index (χ3v) is 5.55. The van der Waals surface area contributed by atoms with Gasteiger partial charge in [0.2, 0.25) is 0 Å². The largest absolute Gasteiger partial charge is 0.317 e. The summed E-state index contributed by atoms with van der Waals surface area (Å²) in [5, 5.41) is 6.05. The number of unbranched alkanes of at least 4 members (excludes halogenated alkanes) is 1. The van der Waals surface area contributed by atoms with Crippen molar-refractivity contribution in [3.8, 4) is 0 Å². The van der Waals surface area contributed by atoms with Gasteiger partial charge in [0.1, 0.15) is 0 Å². The van der Waals surface area contributed by atoms with E-state index >= 15 is 0 Å². The summed E-state index contributed by atoms with van der Waals surface area (Å²) >= 11 is 1.55. The van der Waals surface area contributed by atoms with Gasteiger partial charge in [-0.1, -0.05) is 81.5 Å². The van der Waals surface area contributed by atoms with E-state index in [-0.39, 0.29) is 5.91 Å². The summed E-state index contributed by atoms with van der Waals surface area (Å²) in [5.74, 6) is -0.115. The lowest BCUT2D eigenvalue weighted by molar-refractivity contribution is 0.0968. The average Bonchev–Trinajstić information content (AvgIpc) is 2.79. The molecule has 1 aromatic rings. The first-order valence-corrected chi connectivity index (χ1v) is 12.3. The van der Waals surface area contributed by atoms with Gasteiger partial charge in [-0.05, 0) is 74.3 Å². The van der Waals surface area contributed by atoms with Gasteiger partial charge in [0.25, 0.3) is 5.91 Å². The van der Waals surface area contributed by atoms with Gasteiger partial charge in [-0.25, -0.2) is 0 Å². The number of thioether (sulfide) groups is 1. The zero-order valence-electron chi connectivity index (χ0n) is 20.4. The van der Waals surface area contributed by atoms with Gasteiger partial charge in [-0.3, -0.25) is 9.79 Å². The molecule has 0 aliphatic heterocycles. The lowest BCUT2D eigenvalue weighted by atomic mass is 10.1. The molecule has 4 heteroatoms. The fourth-order valence-electron chi connectivity index (χ4n) is 2.74. The Kier molecular flexibility index (Phi) is 13.8. The maximum absolute atomic E-state index is 12.9. The molecule has 0 saturated carbocycles. The summed E-state index contributed by atoms with van der Waals surface area (Å²) in [4.78, 5) is 17.4. The van der Waals surface area contributed by atoms with Crippen LogP contribution in [0.25, 0.3) is 0 Å². The second kappa shape index (κ2) is 16.1. The number of aryl methyl sites for hydroxylation is 1. The van der Waals surface area contributed by atoms with E-state index < -0.39 is 0 Å². The van der Waals surface area contributed by atoms with Crippen LogP contribution in [0.5, 0.6) is 0 Å². The molecule has 32 heavy (non-hydrogen) atoms. The fourth-order valence-corrected chi connectivity index (χ4v) is 3.54. The summed E-state index contributed by atoms with van der Waals surface area (Å²) in [6.07, 6.45) is 18.1. The molecule has 0 atom stereocenters. The predicted octanol–water partition coefficient (Wildman–Crippen LogP) is 8.58. The van der Waals surface area contributed by atoms with Crippen molar-refractivity contribution in [2.24, 2.45) is 4.99 Å². The molecule has 0 aliphatic rings. The number of carbonyl (C=O) groups excluding carboxylic acids is 1. The Labute approximate surface area is 199 Å². The number of rotatable bonds is 12. The molecule has 1 N–H and O–H groups in total. The first-order chi connectivity index (χ1) is 15.5. The first kappa shape index (κ1) is 27.4. The van der Waals surface area contributed by atoms with Crippen LogP contribution in [0.2, 0.25) is 0 Å². The van der Waals surface area contributed by atoms with Crippen molar-refractivity contribution in [1.29, 1.82) is 0 Å². The van der Waals surface area contributed by atoms with Crippen LogP contribution in [0.3, 0.4) is 0 Å². The lowest BCUT2D eigenvalue weighted by Crippen LogP contribution is -2.21. The van der Waals surface area contributed by atoms with E-state index in [0.29, 0.717) is 5.56 Å². The van der Waals surface area contributed by atoms with E-state index in [1.165, 1.54) is 11.1 Å². The lowest BCUT2D eigenvalue weighted by Gasteiger charge is -2.10. The van der Waals surface area contributed by atoms with Crippen LogP contribution >= 0.6 is 11.8 Å². The predicted molar refractivity (Wildman–Crippen MR) is 144 cm³/mol. The number of aliphatic imine (C=N–C) groups is 1. The zero-order chi connectivity index (χ0) is 23.8. The average molecular weight is 451 g/mol. The molecule has 0 unspecified atom stereocenters. The maximum Gasteiger partial charge on any atom is 0.256 e. The highest BCUT2D eigenvalue weighted by atomic mass is 32.2. The summed E-state index contributed by atoms with van der Waals surface area (Å²) in [7, 11) is 0. The standard InChI is InChI=1S/C28H38N2OS/c1-7-11-13-15-24(14-9-3)23(6)21-32-27(16-12-8-2)30-28(31)25-18-17-22(5)26(20-25)29-19-10-4/h7,11,13-21H,8-10,12H2,1-6H3,(H,30,31)/b11-7-,15-13+,23-21+,24-14+,27-16+,29-19?. The smallest absolute Gasteiger partial charge is 0.256 e. The van der Waals surface area contributed by atoms with E-state index in [9.17, 15) is 4.79 Å². The third kappa shape index (κ3) is 10.1. The molecule has 1 amide bonds. The van der Waals surface area contributed by atoms with E-state index in [4.69, 9.17) is 0 Å². The Morgan fingerprint density at radius 3 is 2.56 bits per heavy atom. The van der Waals surface area contributed by atoms with Gasteiger partial charge in [0.05, 0.1) is 10.7 Å². The van der Waals surface area contributed by atoms with Crippen molar-refractivity contribution in [2.45, 2.75) is 67.2 Å². The van der Waals surface area contributed by atoms with Crippen LogP contribution in [0.4, 0.5) is 5.69 Å². The fraction of sp³-hybridized carbons (Fsp3) is 0.357. The Morgan fingerprint density at radius 2 is 1.91 bits per heavy atom. The van der Waals surface area contributed by atoms with Crippen molar-refractivity contribution in [3.63, 3.8) is 0 Å². The van der Waals surface area contributed by atoms with E-state index in [1.54, 1.807) is 11.8 Å². The Bertz CT molecular complexity index is 917. The van der Waals surface area contributed by atoms with Crippen LogP contribution < -0.4 is 5.32 Å². The van der Waals surface area contributed by atoms with Crippen molar-refractivity contribution < 1.29 is 4.79 Å². The summed E-state index contributed by atoms with van der Waals surface area (Å²) in [5.41, 5.74) is 4.87. The number of hydrogen-bond donors (Lipinski definition) is 1. The molecule has 3 nitrogen and oxygen atoms in total. The van der Waals surface area contributed by atoms with Crippen LogP contribution in [-0.2, 0) is 0 Å². The molecule has 0 radical (unpaired) electrons. The molecular weight excluding hydrogens is 412 g/mol. The number of carbonyl (C=O) groups is 1. The summed E-state index contributed by atoms with van der Waals surface area (Å²) in [6, 6.07) is 5.66. The second-order valence-corrected chi connectivity index (χ2v) is 8.31. The minimum absolute atomic E-state index is 0.115. The van der Waals surface area contributed by atoms with E-state index in [0.717, 1.165) is 42.0 Å². The molecule has 0 bridgehead atoms. The molecule has 0 fully saturated rings. The molecule has 0 spiro atoms.